The van der Waals surface area contributed by atoms with Gasteiger partial charge in [0.2, 0.25) is 5.91 Å². The number of rotatable bonds is 2. The van der Waals surface area contributed by atoms with Crippen molar-refractivity contribution in [2.24, 2.45) is 0 Å². The molecule has 2 saturated heterocycles. The van der Waals surface area contributed by atoms with Crippen LogP contribution in [-0.4, -0.2) is 64.1 Å². The Kier molecular flexibility index (Phi) is 5.93. The molecule has 3 amide bonds. The van der Waals surface area contributed by atoms with Crippen molar-refractivity contribution in [1.29, 1.82) is 0 Å². The minimum Gasteiger partial charge on any atom is -0.372 e. The number of hydrogen-bond donors (Lipinski definition) is 1. The summed E-state index contributed by atoms with van der Waals surface area (Å²) in [5.74, 6) is 0.119. The Balaban J connectivity index is 1.59. The first-order chi connectivity index (χ1) is 13.2. The maximum Gasteiger partial charge on any atom is 0.317 e. The number of ether oxygens (including phenoxy) is 1. The fourth-order valence-electron chi connectivity index (χ4n) is 3.83. The zero-order valence-electron chi connectivity index (χ0n) is 17.5. The van der Waals surface area contributed by atoms with Gasteiger partial charge in [0.1, 0.15) is 0 Å². The van der Waals surface area contributed by atoms with Crippen molar-refractivity contribution in [3.05, 3.63) is 29.6 Å². The van der Waals surface area contributed by atoms with Crippen molar-refractivity contribution in [2.75, 3.05) is 26.2 Å². The Bertz CT molecular complexity index is 721. The quantitative estimate of drug-likeness (QED) is 0.845. The van der Waals surface area contributed by atoms with Crippen LogP contribution in [0.15, 0.2) is 18.3 Å². The highest BCUT2D eigenvalue weighted by Crippen LogP contribution is 2.33. The molecule has 0 aromatic carbocycles. The molecule has 7 heteroatoms. The van der Waals surface area contributed by atoms with Gasteiger partial charge in [-0.1, -0.05) is 6.07 Å². The molecule has 0 unspecified atom stereocenters. The summed E-state index contributed by atoms with van der Waals surface area (Å²) in [5, 5.41) is 3.01. The van der Waals surface area contributed by atoms with Gasteiger partial charge in [-0.25, -0.2) is 4.79 Å². The number of hydrogen-bond acceptors (Lipinski definition) is 4. The van der Waals surface area contributed by atoms with E-state index >= 15 is 0 Å². The summed E-state index contributed by atoms with van der Waals surface area (Å²) in [4.78, 5) is 33.3. The fourth-order valence-corrected chi connectivity index (χ4v) is 3.83. The van der Waals surface area contributed by atoms with Gasteiger partial charge in [-0.3, -0.25) is 9.78 Å². The lowest BCUT2D eigenvalue weighted by atomic mass is 9.87. The van der Waals surface area contributed by atoms with Crippen molar-refractivity contribution in [3.63, 3.8) is 0 Å². The van der Waals surface area contributed by atoms with E-state index in [-0.39, 0.29) is 17.5 Å². The van der Waals surface area contributed by atoms with E-state index in [0.29, 0.717) is 52.0 Å². The first-order valence-corrected chi connectivity index (χ1v) is 10.1. The van der Waals surface area contributed by atoms with Crippen LogP contribution in [0.1, 0.15) is 51.3 Å². The number of urea groups is 1. The second-order valence-corrected chi connectivity index (χ2v) is 8.94. The highest BCUT2D eigenvalue weighted by atomic mass is 16.5. The Hall–Kier alpha value is -2.15. The monoisotopic (exact) mass is 388 g/mol. The lowest BCUT2D eigenvalue weighted by Crippen LogP contribution is -2.54. The molecule has 3 rings (SSSR count). The number of piperidine rings is 1. The van der Waals surface area contributed by atoms with E-state index in [2.05, 4.69) is 10.3 Å². The van der Waals surface area contributed by atoms with Crippen molar-refractivity contribution >= 4 is 11.9 Å². The van der Waals surface area contributed by atoms with E-state index in [0.717, 1.165) is 11.3 Å². The molecule has 2 aliphatic heterocycles. The van der Waals surface area contributed by atoms with Crippen LogP contribution >= 0.6 is 0 Å². The molecule has 0 atom stereocenters. The Labute approximate surface area is 167 Å². The van der Waals surface area contributed by atoms with Crippen molar-refractivity contribution in [1.82, 2.24) is 20.1 Å². The molecule has 1 aromatic heterocycles. The average molecular weight is 389 g/mol. The Morgan fingerprint density at radius 1 is 1.29 bits per heavy atom. The predicted octanol–water partition coefficient (Wildman–Crippen LogP) is 2.48. The van der Waals surface area contributed by atoms with E-state index in [1.54, 1.807) is 6.20 Å². The molecule has 0 aliphatic carbocycles. The Morgan fingerprint density at radius 2 is 2.00 bits per heavy atom. The van der Waals surface area contributed by atoms with Gasteiger partial charge < -0.3 is 19.9 Å². The third kappa shape index (κ3) is 5.01. The minimum atomic E-state index is -0.450. The summed E-state index contributed by atoms with van der Waals surface area (Å²) >= 11 is 0. The molecule has 2 aliphatic rings. The van der Waals surface area contributed by atoms with Crippen molar-refractivity contribution in [2.45, 2.75) is 64.6 Å². The number of carbonyl (C=O) groups is 2. The van der Waals surface area contributed by atoms with Gasteiger partial charge in [0.15, 0.2) is 0 Å². The average Bonchev–Trinajstić information content (AvgIpc) is 2.75. The van der Waals surface area contributed by atoms with Gasteiger partial charge in [0.25, 0.3) is 0 Å². The third-order valence-corrected chi connectivity index (χ3v) is 5.52. The standard InChI is InChI=1S/C21H32N4O3/c1-16-17(6-5-9-22-16)15-25-12-13-28-21(14-18(25)26)7-10-24(11-8-21)19(27)23-20(2,3)4/h5-6,9H,7-8,10-15H2,1-4H3,(H,23,27). The van der Waals surface area contributed by atoms with E-state index in [1.165, 1.54) is 0 Å². The second kappa shape index (κ2) is 8.07. The van der Waals surface area contributed by atoms with Crippen LogP contribution in [0, 0.1) is 6.92 Å². The molecule has 2 fully saturated rings. The molecule has 0 radical (unpaired) electrons. The van der Waals surface area contributed by atoms with Gasteiger partial charge in [-0.15, -0.1) is 0 Å². The first kappa shape index (κ1) is 20.6. The Morgan fingerprint density at radius 3 is 2.64 bits per heavy atom. The predicted molar refractivity (Wildman–Crippen MR) is 107 cm³/mol. The van der Waals surface area contributed by atoms with Gasteiger partial charge in [0, 0.05) is 43.6 Å². The normalized spacial score (nSPS) is 20.2. The first-order valence-electron chi connectivity index (χ1n) is 10.1. The molecule has 0 saturated carbocycles. The lowest BCUT2D eigenvalue weighted by molar-refractivity contribution is -0.135. The van der Waals surface area contributed by atoms with Gasteiger partial charge >= 0.3 is 6.03 Å². The van der Waals surface area contributed by atoms with Crippen LogP contribution in [0.4, 0.5) is 4.79 Å². The largest absolute Gasteiger partial charge is 0.372 e. The number of aryl methyl sites for hydroxylation is 1. The molecule has 3 heterocycles. The van der Waals surface area contributed by atoms with Gasteiger partial charge in [-0.2, -0.15) is 0 Å². The molecule has 28 heavy (non-hydrogen) atoms. The second-order valence-electron chi connectivity index (χ2n) is 8.94. The summed E-state index contributed by atoms with van der Waals surface area (Å²) in [5.41, 5.74) is 1.31. The summed E-state index contributed by atoms with van der Waals surface area (Å²) in [7, 11) is 0. The highest BCUT2D eigenvalue weighted by Gasteiger charge is 2.41. The smallest absolute Gasteiger partial charge is 0.317 e. The van der Waals surface area contributed by atoms with Crippen LogP contribution in [0.2, 0.25) is 0 Å². The molecular weight excluding hydrogens is 356 g/mol. The summed E-state index contributed by atoms with van der Waals surface area (Å²) in [6.45, 7) is 10.8. The highest BCUT2D eigenvalue weighted by molar-refractivity contribution is 5.78. The maximum absolute atomic E-state index is 12.9. The number of likely N-dealkylation sites (tertiary alicyclic amines) is 1. The van der Waals surface area contributed by atoms with Crippen LogP contribution in [0.25, 0.3) is 0 Å². The molecule has 7 nitrogen and oxygen atoms in total. The van der Waals surface area contributed by atoms with Crippen molar-refractivity contribution < 1.29 is 14.3 Å². The van der Waals surface area contributed by atoms with Gasteiger partial charge in [-0.05, 0) is 52.2 Å². The van der Waals surface area contributed by atoms with Crippen molar-refractivity contribution in [3.8, 4) is 0 Å². The lowest BCUT2D eigenvalue weighted by Gasteiger charge is -2.41. The number of nitrogens with zero attached hydrogens (tertiary/aromatic N) is 3. The zero-order chi connectivity index (χ0) is 20.4. The zero-order valence-corrected chi connectivity index (χ0v) is 17.5. The van der Waals surface area contributed by atoms with E-state index in [4.69, 9.17) is 4.74 Å². The van der Waals surface area contributed by atoms with Crippen LogP contribution in [0.3, 0.4) is 0 Å². The topological polar surface area (TPSA) is 74.8 Å². The summed E-state index contributed by atoms with van der Waals surface area (Å²) in [6, 6.07) is 3.88. The van der Waals surface area contributed by atoms with Crippen LogP contribution < -0.4 is 5.32 Å². The number of carbonyl (C=O) groups excluding carboxylic acids is 2. The molecule has 1 N–H and O–H groups in total. The van der Waals surface area contributed by atoms with E-state index in [9.17, 15) is 9.59 Å². The van der Waals surface area contributed by atoms with E-state index < -0.39 is 5.60 Å². The summed E-state index contributed by atoms with van der Waals surface area (Å²) in [6.07, 6.45) is 3.53. The van der Waals surface area contributed by atoms with Crippen LogP contribution in [-0.2, 0) is 16.1 Å². The summed E-state index contributed by atoms with van der Waals surface area (Å²) < 4.78 is 6.19. The van der Waals surface area contributed by atoms with Crippen LogP contribution in [0.5, 0.6) is 0 Å². The molecule has 154 valence electrons. The number of nitrogens with one attached hydrogen (secondary N) is 1. The number of aromatic nitrogens is 1. The van der Waals surface area contributed by atoms with Gasteiger partial charge in [0.05, 0.1) is 18.6 Å². The molecular formula is C21H32N4O3. The fraction of sp³-hybridized carbons (Fsp3) is 0.667. The molecule has 0 bridgehead atoms. The number of pyridine rings is 1. The SMILES string of the molecule is Cc1ncccc1CN1CCOC2(CCN(C(=O)NC(C)(C)C)CC2)CC1=O. The molecule has 1 aromatic rings. The minimum absolute atomic E-state index is 0.0454. The maximum atomic E-state index is 12.9. The third-order valence-electron chi connectivity index (χ3n) is 5.52. The molecule has 1 spiro atoms. The number of amides is 3. The van der Waals surface area contributed by atoms with E-state index in [1.807, 2.05) is 49.6 Å².